The van der Waals surface area contributed by atoms with Gasteiger partial charge in [-0.3, -0.25) is 14.0 Å². The maximum atomic E-state index is 13.2. The Morgan fingerprint density at radius 2 is 1.97 bits per heavy atom. The lowest BCUT2D eigenvalue weighted by Crippen LogP contribution is -2.19. The van der Waals surface area contributed by atoms with Crippen molar-refractivity contribution >= 4 is 33.5 Å². The Hall–Kier alpha value is -3.61. The molecule has 32 heavy (non-hydrogen) atoms. The van der Waals surface area contributed by atoms with E-state index < -0.39 is 5.97 Å². The number of rotatable bonds is 6. The predicted molar refractivity (Wildman–Crippen MR) is 127 cm³/mol. The lowest BCUT2D eigenvalue weighted by atomic mass is 9.95. The van der Waals surface area contributed by atoms with Gasteiger partial charge in [-0.1, -0.05) is 25.1 Å². The number of hydrogen-bond acceptors (Lipinski definition) is 5. The van der Waals surface area contributed by atoms with Crippen LogP contribution in [0.2, 0.25) is 0 Å². The highest BCUT2D eigenvalue weighted by molar-refractivity contribution is 6.07. The topological polar surface area (TPSA) is 78.2 Å². The smallest absolute Gasteiger partial charge is 0.339 e. The van der Waals surface area contributed by atoms with Crippen molar-refractivity contribution < 1.29 is 9.53 Å². The molecule has 0 spiro atoms. The van der Waals surface area contributed by atoms with Crippen LogP contribution in [-0.2, 0) is 18.3 Å². The van der Waals surface area contributed by atoms with Crippen LogP contribution in [0.3, 0.4) is 0 Å². The summed E-state index contributed by atoms with van der Waals surface area (Å²) < 4.78 is 8.46. The second-order valence-electron chi connectivity index (χ2n) is 8.17. The number of aromatic nitrogens is 3. The van der Waals surface area contributed by atoms with Gasteiger partial charge in [0.25, 0.3) is 5.56 Å². The summed E-state index contributed by atoms with van der Waals surface area (Å²) >= 11 is 0. The molecule has 7 heteroatoms. The Labute approximate surface area is 186 Å². The number of nitrogens with one attached hydrogen (secondary N) is 1. The molecule has 0 fully saturated rings. The first-order valence-electron chi connectivity index (χ1n) is 10.8. The zero-order valence-corrected chi connectivity index (χ0v) is 19.1. The summed E-state index contributed by atoms with van der Waals surface area (Å²) in [7, 11) is 3.14. The summed E-state index contributed by atoms with van der Waals surface area (Å²) in [5.41, 5.74) is 3.74. The van der Waals surface area contributed by atoms with Gasteiger partial charge < -0.3 is 10.1 Å². The highest BCUT2D eigenvalue weighted by Crippen LogP contribution is 2.32. The molecule has 1 unspecified atom stereocenters. The zero-order valence-electron chi connectivity index (χ0n) is 19.1. The maximum Gasteiger partial charge on any atom is 0.339 e. The van der Waals surface area contributed by atoms with Crippen LogP contribution >= 0.6 is 0 Å². The van der Waals surface area contributed by atoms with Crippen LogP contribution in [0, 0.1) is 6.92 Å². The van der Waals surface area contributed by atoms with Gasteiger partial charge in [-0.05, 0) is 49.6 Å². The highest BCUT2D eigenvalue weighted by Gasteiger charge is 2.20. The van der Waals surface area contributed by atoms with Crippen LogP contribution in [0.5, 0.6) is 0 Å². The number of para-hydroxylation sites is 1. The van der Waals surface area contributed by atoms with E-state index in [1.54, 1.807) is 23.7 Å². The number of ether oxygens (including phenoxy) is 1. The van der Waals surface area contributed by atoms with Gasteiger partial charge in [0, 0.05) is 47.7 Å². The van der Waals surface area contributed by atoms with Crippen LogP contribution < -0.4 is 10.9 Å². The molecule has 4 rings (SSSR count). The molecule has 7 nitrogen and oxygen atoms in total. The molecule has 0 bridgehead atoms. The second kappa shape index (κ2) is 8.49. The van der Waals surface area contributed by atoms with E-state index in [0.29, 0.717) is 22.3 Å². The van der Waals surface area contributed by atoms with Crippen LogP contribution in [0.15, 0.2) is 47.4 Å². The molecule has 1 N–H and O–H groups in total. The third-order valence-corrected chi connectivity index (χ3v) is 5.80. The molecule has 0 aliphatic heterocycles. The molecule has 0 saturated heterocycles. The zero-order chi connectivity index (χ0) is 23.0. The van der Waals surface area contributed by atoms with Crippen molar-refractivity contribution in [3.63, 3.8) is 0 Å². The Bertz CT molecular complexity index is 1380. The second-order valence-corrected chi connectivity index (χ2v) is 8.17. The van der Waals surface area contributed by atoms with Crippen molar-refractivity contribution in [1.82, 2.24) is 14.3 Å². The number of pyridine rings is 1. The standard InChI is InChI=1S/C25H28N4O3/c1-6-11-29-14-20-22-18(12-15(2)13-19(22)24(30)28(4)23(20)27-29)16(3)26-21-10-8-7-9-17(21)25(31)32-5/h7-10,12-14,16,26H,6,11H2,1-5H3. The molecule has 0 amide bonds. The minimum atomic E-state index is -0.397. The fourth-order valence-corrected chi connectivity index (χ4v) is 4.29. The van der Waals surface area contributed by atoms with Gasteiger partial charge in [0.1, 0.15) is 0 Å². The third-order valence-electron chi connectivity index (χ3n) is 5.80. The fourth-order valence-electron chi connectivity index (χ4n) is 4.29. The van der Waals surface area contributed by atoms with Gasteiger partial charge in [0.15, 0.2) is 5.65 Å². The van der Waals surface area contributed by atoms with E-state index in [2.05, 4.69) is 23.4 Å². The number of fused-ring (bicyclic) bond motifs is 3. The molecule has 166 valence electrons. The number of anilines is 1. The Morgan fingerprint density at radius 1 is 1.22 bits per heavy atom. The van der Waals surface area contributed by atoms with Crippen LogP contribution in [0.4, 0.5) is 5.69 Å². The molecule has 0 radical (unpaired) electrons. The van der Waals surface area contributed by atoms with Crippen LogP contribution in [0.1, 0.15) is 47.8 Å². The minimum Gasteiger partial charge on any atom is -0.465 e. The number of benzene rings is 2. The van der Waals surface area contributed by atoms with Crippen molar-refractivity contribution in [2.75, 3.05) is 12.4 Å². The van der Waals surface area contributed by atoms with Gasteiger partial charge in [-0.15, -0.1) is 0 Å². The van der Waals surface area contributed by atoms with E-state index in [1.807, 2.05) is 42.9 Å². The first-order valence-corrected chi connectivity index (χ1v) is 10.8. The molecule has 1 atom stereocenters. The Morgan fingerprint density at radius 3 is 2.69 bits per heavy atom. The van der Waals surface area contributed by atoms with Crippen LogP contribution in [-0.4, -0.2) is 27.4 Å². The highest BCUT2D eigenvalue weighted by atomic mass is 16.5. The molecule has 2 heterocycles. The number of methoxy groups -OCH3 is 1. The molecule has 4 aromatic rings. The van der Waals surface area contributed by atoms with Crippen molar-refractivity contribution in [1.29, 1.82) is 0 Å². The molecule has 0 saturated carbocycles. The molecule has 2 aromatic heterocycles. The lowest BCUT2D eigenvalue weighted by molar-refractivity contribution is 0.0602. The summed E-state index contributed by atoms with van der Waals surface area (Å²) in [5.74, 6) is -0.397. The van der Waals surface area contributed by atoms with Gasteiger partial charge in [-0.25, -0.2) is 4.79 Å². The molecule has 0 aliphatic carbocycles. The number of carbonyl (C=O) groups excluding carboxylic acids is 1. The average molecular weight is 433 g/mol. The van der Waals surface area contributed by atoms with E-state index >= 15 is 0 Å². The minimum absolute atomic E-state index is 0.0682. The summed E-state index contributed by atoms with van der Waals surface area (Å²) in [5, 5.41) is 10.6. The number of hydrogen-bond donors (Lipinski definition) is 1. The SMILES string of the molecule is CCCn1cc2c3c(C(C)Nc4ccccc4C(=O)OC)cc(C)cc3c(=O)n(C)c2n1. The van der Waals surface area contributed by atoms with E-state index in [1.165, 1.54) is 7.11 Å². The normalized spacial score (nSPS) is 12.3. The van der Waals surface area contributed by atoms with E-state index in [4.69, 9.17) is 4.74 Å². The largest absolute Gasteiger partial charge is 0.465 e. The summed E-state index contributed by atoms with van der Waals surface area (Å²) in [6.07, 6.45) is 2.97. The fraction of sp³-hybridized carbons (Fsp3) is 0.320. The quantitative estimate of drug-likeness (QED) is 0.452. The molecule has 0 aliphatic rings. The summed E-state index contributed by atoms with van der Waals surface area (Å²) in [6, 6.07) is 11.1. The van der Waals surface area contributed by atoms with Crippen molar-refractivity contribution in [2.45, 2.75) is 39.8 Å². The molecular formula is C25H28N4O3. The third kappa shape index (κ3) is 3.64. The molecular weight excluding hydrogens is 404 g/mol. The van der Waals surface area contributed by atoms with Crippen LogP contribution in [0.25, 0.3) is 21.8 Å². The van der Waals surface area contributed by atoms with Gasteiger partial charge >= 0.3 is 5.97 Å². The summed E-state index contributed by atoms with van der Waals surface area (Å²) in [4.78, 5) is 25.4. The predicted octanol–water partition coefficient (Wildman–Crippen LogP) is 4.57. The van der Waals surface area contributed by atoms with E-state index in [-0.39, 0.29) is 11.6 Å². The van der Waals surface area contributed by atoms with Gasteiger partial charge in [-0.2, -0.15) is 5.10 Å². The maximum absolute atomic E-state index is 13.2. The lowest BCUT2D eigenvalue weighted by Gasteiger charge is -2.20. The first kappa shape index (κ1) is 21.6. The monoisotopic (exact) mass is 432 g/mol. The van der Waals surface area contributed by atoms with Gasteiger partial charge in [0.2, 0.25) is 0 Å². The summed E-state index contributed by atoms with van der Waals surface area (Å²) in [6.45, 7) is 6.90. The molecule has 2 aromatic carbocycles. The number of aryl methyl sites for hydroxylation is 3. The van der Waals surface area contributed by atoms with E-state index in [0.717, 1.165) is 34.9 Å². The number of esters is 1. The van der Waals surface area contributed by atoms with E-state index in [9.17, 15) is 9.59 Å². The first-order chi connectivity index (χ1) is 15.3. The van der Waals surface area contributed by atoms with Crippen molar-refractivity contribution in [3.8, 4) is 0 Å². The van der Waals surface area contributed by atoms with Crippen molar-refractivity contribution in [2.24, 2.45) is 7.05 Å². The Balaban J connectivity index is 1.93. The van der Waals surface area contributed by atoms with Gasteiger partial charge in [0.05, 0.1) is 12.7 Å². The average Bonchev–Trinajstić information content (AvgIpc) is 3.20. The number of nitrogens with zero attached hydrogens (tertiary/aromatic N) is 3. The van der Waals surface area contributed by atoms with Crippen molar-refractivity contribution in [3.05, 3.63) is 69.6 Å². The Kier molecular flexibility index (Phi) is 5.74. The number of carbonyl (C=O) groups is 1.